The molecule has 172 valence electrons. The molecule has 12 nitrogen and oxygen atoms in total. The van der Waals surface area contributed by atoms with E-state index in [1.165, 1.54) is 12.3 Å². The van der Waals surface area contributed by atoms with Gasteiger partial charge in [0.2, 0.25) is 0 Å². The van der Waals surface area contributed by atoms with Crippen LogP contribution >= 0.6 is 0 Å². The molecule has 0 amide bonds. The monoisotopic (exact) mass is 449 g/mol. The van der Waals surface area contributed by atoms with Gasteiger partial charge in [-0.05, 0) is 11.6 Å². The summed E-state index contributed by atoms with van der Waals surface area (Å²) in [6, 6.07) is 9.48. The molecule has 1 fully saturated rings. The highest BCUT2D eigenvalue weighted by Gasteiger charge is 2.56. The number of anilines is 1. The average Bonchev–Trinajstić information content (AvgIpc) is 3.03. The van der Waals surface area contributed by atoms with Crippen LogP contribution in [0.4, 0.5) is 5.82 Å². The van der Waals surface area contributed by atoms with Crippen LogP contribution in [0, 0.1) is 0 Å². The number of rotatable bonds is 9. The molecule has 1 aliphatic rings. The van der Waals surface area contributed by atoms with Gasteiger partial charge in [0.15, 0.2) is 11.4 Å². The second-order valence-electron chi connectivity index (χ2n) is 7.49. The van der Waals surface area contributed by atoms with Gasteiger partial charge in [-0.1, -0.05) is 30.3 Å². The molecule has 6 N–H and O–H groups in total. The Kier molecular flexibility index (Phi) is 6.60. The van der Waals surface area contributed by atoms with Gasteiger partial charge in [0.25, 0.3) is 0 Å². The van der Waals surface area contributed by atoms with Crippen LogP contribution in [0.3, 0.4) is 0 Å². The van der Waals surface area contributed by atoms with Crippen LogP contribution < -0.4 is 11.4 Å². The zero-order valence-corrected chi connectivity index (χ0v) is 16.8. The van der Waals surface area contributed by atoms with Crippen LogP contribution in [-0.4, -0.2) is 66.0 Å². The minimum absolute atomic E-state index is 0.0383. The molecule has 2 heterocycles. The van der Waals surface area contributed by atoms with Gasteiger partial charge in [-0.2, -0.15) is 4.98 Å². The normalized spacial score (nSPS) is 24.7. The second-order valence-corrected chi connectivity index (χ2v) is 7.49. The highest BCUT2D eigenvalue weighted by atomic mass is 16.7. The van der Waals surface area contributed by atoms with E-state index in [2.05, 4.69) is 4.98 Å². The number of hydrogen-bond donors (Lipinski definition) is 5. The van der Waals surface area contributed by atoms with Gasteiger partial charge in [-0.3, -0.25) is 9.36 Å². The zero-order valence-electron chi connectivity index (χ0n) is 16.8. The van der Waals surface area contributed by atoms with E-state index in [1.807, 2.05) is 0 Å². The molecule has 0 aliphatic carbocycles. The molecule has 1 aromatic carbocycles. The summed E-state index contributed by atoms with van der Waals surface area (Å²) in [6.07, 6.45) is -3.23. The summed E-state index contributed by atoms with van der Waals surface area (Å²) in [7, 11) is 0. The van der Waals surface area contributed by atoms with Crippen LogP contribution in [0.2, 0.25) is 0 Å². The van der Waals surface area contributed by atoms with E-state index in [0.717, 1.165) is 4.57 Å². The average molecular weight is 449 g/mol. The van der Waals surface area contributed by atoms with Gasteiger partial charge in [-0.25, -0.2) is 9.59 Å². The lowest BCUT2D eigenvalue weighted by atomic mass is 9.89. The summed E-state index contributed by atoms with van der Waals surface area (Å²) < 4.78 is 12.1. The Bertz CT molecular complexity index is 1040. The fourth-order valence-electron chi connectivity index (χ4n) is 3.67. The van der Waals surface area contributed by atoms with E-state index < -0.39 is 60.8 Å². The third kappa shape index (κ3) is 4.78. The first-order valence-electron chi connectivity index (χ1n) is 9.61. The third-order valence-electron chi connectivity index (χ3n) is 5.15. The SMILES string of the molecule is Nc1ccn([C@H]2C[C@@](O)(OC(CC(=O)O)(Cc3ccccc3)C(=O)O)[C@@H](CO)O2)c(=O)n1. The lowest BCUT2D eigenvalue weighted by molar-refractivity contribution is -0.287. The second kappa shape index (κ2) is 9.04. The lowest BCUT2D eigenvalue weighted by Gasteiger charge is -2.37. The van der Waals surface area contributed by atoms with Crippen molar-refractivity contribution in [2.24, 2.45) is 0 Å². The Morgan fingerprint density at radius 2 is 1.97 bits per heavy atom. The predicted molar refractivity (Wildman–Crippen MR) is 107 cm³/mol. The van der Waals surface area contributed by atoms with E-state index in [9.17, 15) is 34.8 Å². The number of ether oxygens (including phenoxy) is 2. The van der Waals surface area contributed by atoms with Crippen molar-refractivity contribution in [1.82, 2.24) is 9.55 Å². The minimum Gasteiger partial charge on any atom is -0.481 e. The van der Waals surface area contributed by atoms with Crippen molar-refractivity contribution in [2.75, 3.05) is 12.3 Å². The quantitative estimate of drug-likeness (QED) is 0.305. The molecular weight excluding hydrogens is 426 g/mol. The van der Waals surface area contributed by atoms with Crippen molar-refractivity contribution >= 4 is 17.8 Å². The topological polar surface area (TPSA) is 194 Å². The summed E-state index contributed by atoms with van der Waals surface area (Å²) in [4.78, 5) is 39.5. The molecule has 4 atom stereocenters. The smallest absolute Gasteiger partial charge is 0.351 e. The van der Waals surface area contributed by atoms with Crippen molar-refractivity contribution in [3.63, 3.8) is 0 Å². The molecular formula is C20H23N3O9. The third-order valence-corrected chi connectivity index (χ3v) is 5.15. The lowest BCUT2D eigenvalue weighted by Crippen LogP contribution is -2.56. The number of aromatic nitrogens is 2. The Balaban J connectivity index is 1.98. The van der Waals surface area contributed by atoms with Crippen molar-refractivity contribution in [2.45, 2.75) is 43.0 Å². The van der Waals surface area contributed by atoms with E-state index in [-0.39, 0.29) is 12.2 Å². The standard InChI is InChI=1S/C20H23N3O9/c21-14-6-7-23(18(29)22-14)15-9-20(30,13(11-24)31-15)32-19(17(27)28,10-16(25)26)8-12-4-2-1-3-5-12/h1-7,13,15,24,30H,8-11H2,(H,25,26)(H,27,28)(H2,21,22,29)/t13-,15-,19?,20-/m1/s1. The Hall–Kier alpha value is -3.32. The van der Waals surface area contributed by atoms with Gasteiger partial charge >= 0.3 is 17.6 Å². The number of carboxylic acids is 2. The molecule has 32 heavy (non-hydrogen) atoms. The summed E-state index contributed by atoms with van der Waals surface area (Å²) >= 11 is 0. The Morgan fingerprint density at radius 1 is 1.28 bits per heavy atom. The Morgan fingerprint density at radius 3 is 2.53 bits per heavy atom. The first-order chi connectivity index (χ1) is 15.1. The number of nitrogen functional groups attached to an aromatic ring is 1. The first kappa shape index (κ1) is 23.3. The summed E-state index contributed by atoms with van der Waals surface area (Å²) in [5.41, 5.74) is 2.74. The molecule has 0 bridgehead atoms. The van der Waals surface area contributed by atoms with E-state index in [1.54, 1.807) is 30.3 Å². The number of benzene rings is 1. The maximum absolute atomic E-state index is 12.2. The molecule has 0 radical (unpaired) electrons. The number of aliphatic hydroxyl groups excluding tert-OH is 1. The van der Waals surface area contributed by atoms with Crippen molar-refractivity contribution < 1.29 is 39.5 Å². The summed E-state index contributed by atoms with van der Waals surface area (Å²) in [6.45, 7) is -0.793. The van der Waals surface area contributed by atoms with Crippen LogP contribution in [0.1, 0.15) is 24.6 Å². The molecule has 1 aromatic heterocycles. The highest BCUT2D eigenvalue weighted by molar-refractivity contribution is 5.84. The number of nitrogens with zero attached hydrogens (tertiary/aromatic N) is 2. The molecule has 12 heteroatoms. The molecule has 3 rings (SSSR count). The van der Waals surface area contributed by atoms with Gasteiger partial charge in [0, 0.05) is 19.0 Å². The molecule has 1 unspecified atom stereocenters. The van der Waals surface area contributed by atoms with Gasteiger partial charge in [-0.15, -0.1) is 0 Å². The highest BCUT2D eigenvalue weighted by Crippen LogP contribution is 2.41. The van der Waals surface area contributed by atoms with E-state index in [0.29, 0.717) is 5.56 Å². The van der Waals surface area contributed by atoms with Crippen molar-refractivity contribution in [3.05, 3.63) is 58.6 Å². The van der Waals surface area contributed by atoms with Crippen molar-refractivity contribution in [1.29, 1.82) is 0 Å². The van der Waals surface area contributed by atoms with Crippen LogP contribution in [0.5, 0.6) is 0 Å². The fourth-order valence-corrected chi connectivity index (χ4v) is 3.67. The van der Waals surface area contributed by atoms with Gasteiger partial charge < -0.3 is 35.6 Å². The molecule has 1 saturated heterocycles. The van der Waals surface area contributed by atoms with Gasteiger partial charge in [0.1, 0.15) is 18.1 Å². The maximum atomic E-state index is 12.2. The van der Waals surface area contributed by atoms with Crippen LogP contribution in [0.25, 0.3) is 0 Å². The van der Waals surface area contributed by atoms with E-state index in [4.69, 9.17) is 15.2 Å². The first-order valence-corrected chi connectivity index (χ1v) is 9.61. The zero-order chi connectivity index (χ0) is 23.5. The Labute approximate surface area is 181 Å². The van der Waals surface area contributed by atoms with Crippen LogP contribution in [0.15, 0.2) is 47.4 Å². The number of carboxylic acid groups (broad SMARTS) is 2. The summed E-state index contributed by atoms with van der Waals surface area (Å²) in [5, 5.41) is 40.2. The predicted octanol–water partition coefficient (Wildman–Crippen LogP) is -0.649. The molecule has 2 aromatic rings. The molecule has 0 spiro atoms. The van der Waals surface area contributed by atoms with Crippen LogP contribution in [-0.2, 0) is 25.5 Å². The largest absolute Gasteiger partial charge is 0.481 e. The molecule has 1 aliphatic heterocycles. The van der Waals surface area contributed by atoms with Gasteiger partial charge in [0.05, 0.1) is 13.0 Å². The number of carbonyl (C=O) groups is 2. The summed E-state index contributed by atoms with van der Waals surface area (Å²) in [5.74, 6) is -5.56. The van der Waals surface area contributed by atoms with Crippen molar-refractivity contribution in [3.8, 4) is 0 Å². The number of nitrogens with two attached hydrogens (primary N) is 1. The van der Waals surface area contributed by atoms with E-state index >= 15 is 0 Å². The number of aliphatic carboxylic acids is 2. The molecule has 0 saturated carbocycles. The number of hydrogen-bond acceptors (Lipinski definition) is 9. The fraction of sp³-hybridized carbons (Fsp3) is 0.400. The minimum atomic E-state index is -2.43. The number of aliphatic hydroxyl groups is 2. The maximum Gasteiger partial charge on any atom is 0.351 e.